The quantitative estimate of drug-likeness (QED) is 0.851. The van der Waals surface area contributed by atoms with Gasteiger partial charge in [-0.2, -0.15) is 0 Å². The molecule has 1 aliphatic heterocycles. The van der Waals surface area contributed by atoms with Crippen molar-refractivity contribution in [1.82, 2.24) is 4.90 Å². The third-order valence-electron chi connectivity index (χ3n) is 3.93. The molecule has 0 aliphatic carbocycles. The highest BCUT2D eigenvalue weighted by Crippen LogP contribution is 2.31. The summed E-state index contributed by atoms with van der Waals surface area (Å²) >= 11 is 6.41. The van der Waals surface area contributed by atoms with Gasteiger partial charge >= 0.3 is 0 Å². The van der Waals surface area contributed by atoms with Crippen molar-refractivity contribution in [3.05, 3.63) is 28.3 Å². The summed E-state index contributed by atoms with van der Waals surface area (Å²) in [5.41, 5.74) is 3.52. The average Bonchev–Trinajstić information content (AvgIpc) is 2.37. The first-order chi connectivity index (χ1) is 9.88. The minimum Gasteiger partial charge on any atom is -0.367 e. The molecule has 21 heavy (non-hydrogen) atoms. The van der Waals surface area contributed by atoms with Crippen LogP contribution in [0, 0.1) is 19.8 Å². The first-order valence-corrected chi connectivity index (χ1v) is 8.05. The predicted octanol–water partition coefficient (Wildman–Crippen LogP) is 3.65. The number of carbonyl (C=O) groups is 1. The van der Waals surface area contributed by atoms with E-state index < -0.39 is 0 Å². The van der Waals surface area contributed by atoms with Crippen molar-refractivity contribution >= 4 is 23.2 Å². The number of aryl methyl sites for hydroxylation is 2. The molecule has 0 spiro atoms. The lowest BCUT2D eigenvalue weighted by atomic mass is 10.1. The molecule has 2 rings (SSSR count). The molecule has 0 atom stereocenters. The van der Waals surface area contributed by atoms with E-state index in [-0.39, 0.29) is 5.91 Å². The van der Waals surface area contributed by atoms with E-state index in [2.05, 4.69) is 38.7 Å². The number of benzene rings is 1. The Bertz CT molecular complexity index is 497. The smallest absolute Gasteiger partial charge is 0.222 e. The molecule has 3 nitrogen and oxygen atoms in total. The summed E-state index contributed by atoms with van der Waals surface area (Å²) in [6, 6.07) is 4.18. The minimum atomic E-state index is 0.274. The Hall–Kier alpha value is -1.22. The highest BCUT2D eigenvalue weighted by molar-refractivity contribution is 6.33. The molecular formula is C17H25ClN2O. The number of rotatable bonds is 3. The van der Waals surface area contributed by atoms with Crippen molar-refractivity contribution in [2.75, 3.05) is 31.1 Å². The largest absolute Gasteiger partial charge is 0.367 e. The molecule has 0 N–H and O–H groups in total. The van der Waals surface area contributed by atoms with Gasteiger partial charge in [-0.15, -0.1) is 0 Å². The predicted molar refractivity (Wildman–Crippen MR) is 89.2 cm³/mol. The van der Waals surface area contributed by atoms with Crippen molar-refractivity contribution in [3.63, 3.8) is 0 Å². The van der Waals surface area contributed by atoms with Crippen LogP contribution in [0.25, 0.3) is 0 Å². The second-order valence-corrected chi connectivity index (χ2v) is 6.79. The molecule has 0 bridgehead atoms. The third-order valence-corrected chi connectivity index (χ3v) is 4.22. The molecule has 1 amide bonds. The number of amides is 1. The second kappa shape index (κ2) is 6.69. The summed E-state index contributed by atoms with van der Waals surface area (Å²) < 4.78 is 0. The third kappa shape index (κ3) is 3.91. The monoisotopic (exact) mass is 308 g/mol. The lowest BCUT2D eigenvalue weighted by Crippen LogP contribution is -2.49. The Morgan fingerprint density at radius 2 is 1.81 bits per heavy atom. The SMILES string of the molecule is Cc1cc(C)c(N2CCN(C(=O)CC(C)C)CC2)c(Cl)c1. The van der Waals surface area contributed by atoms with Crippen molar-refractivity contribution < 1.29 is 4.79 Å². The van der Waals surface area contributed by atoms with Crippen LogP contribution in [0.5, 0.6) is 0 Å². The standard InChI is InChI=1S/C17H25ClN2O/c1-12(2)9-16(21)19-5-7-20(8-6-19)17-14(4)10-13(3)11-15(17)18/h10-12H,5-9H2,1-4H3. The molecule has 1 fully saturated rings. The van der Waals surface area contributed by atoms with Gasteiger partial charge in [-0.25, -0.2) is 0 Å². The molecule has 1 heterocycles. The lowest BCUT2D eigenvalue weighted by molar-refractivity contribution is -0.132. The maximum absolute atomic E-state index is 12.1. The van der Waals surface area contributed by atoms with Gasteiger partial charge in [-0.3, -0.25) is 4.79 Å². The number of anilines is 1. The van der Waals surface area contributed by atoms with Gasteiger partial charge in [-0.1, -0.05) is 31.5 Å². The van der Waals surface area contributed by atoms with Gasteiger partial charge in [0.1, 0.15) is 0 Å². The van der Waals surface area contributed by atoms with E-state index in [1.807, 2.05) is 11.0 Å². The van der Waals surface area contributed by atoms with Gasteiger partial charge in [0.15, 0.2) is 0 Å². The number of nitrogens with zero attached hydrogens (tertiary/aromatic N) is 2. The topological polar surface area (TPSA) is 23.6 Å². The maximum atomic E-state index is 12.1. The molecule has 116 valence electrons. The summed E-state index contributed by atoms with van der Waals surface area (Å²) in [5, 5.41) is 0.814. The summed E-state index contributed by atoms with van der Waals surface area (Å²) in [5.74, 6) is 0.695. The summed E-state index contributed by atoms with van der Waals surface area (Å²) in [7, 11) is 0. The number of carbonyl (C=O) groups excluding carboxylic acids is 1. The van der Waals surface area contributed by atoms with Crippen LogP contribution in [0.1, 0.15) is 31.4 Å². The van der Waals surface area contributed by atoms with Gasteiger partial charge in [0.25, 0.3) is 0 Å². The molecule has 0 saturated carbocycles. The zero-order chi connectivity index (χ0) is 15.6. The number of piperazine rings is 1. The zero-order valence-electron chi connectivity index (χ0n) is 13.4. The molecule has 0 unspecified atom stereocenters. The Morgan fingerprint density at radius 3 is 2.33 bits per heavy atom. The summed E-state index contributed by atoms with van der Waals surface area (Å²) in [6.07, 6.45) is 0.643. The van der Waals surface area contributed by atoms with E-state index in [0.717, 1.165) is 36.9 Å². The fourth-order valence-electron chi connectivity index (χ4n) is 2.97. The van der Waals surface area contributed by atoms with Gasteiger partial charge < -0.3 is 9.80 Å². The van der Waals surface area contributed by atoms with Crippen molar-refractivity contribution in [3.8, 4) is 0 Å². The Kier molecular flexibility index (Phi) is 5.15. The normalized spacial score (nSPS) is 15.7. The van der Waals surface area contributed by atoms with Crippen LogP contribution >= 0.6 is 11.6 Å². The molecule has 1 aromatic rings. The average molecular weight is 309 g/mol. The van der Waals surface area contributed by atoms with Crippen LogP contribution in [-0.2, 0) is 4.79 Å². The van der Waals surface area contributed by atoms with E-state index in [9.17, 15) is 4.79 Å². The van der Waals surface area contributed by atoms with Crippen LogP contribution < -0.4 is 4.90 Å². The summed E-state index contributed by atoms with van der Waals surface area (Å²) in [4.78, 5) is 16.4. The first kappa shape index (κ1) is 16.2. The van der Waals surface area contributed by atoms with Crippen LogP contribution in [0.15, 0.2) is 12.1 Å². The van der Waals surface area contributed by atoms with Crippen LogP contribution in [0.4, 0.5) is 5.69 Å². The van der Waals surface area contributed by atoms with E-state index >= 15 is 0 Å². The van der Waals surface area contributed by atoms with Crippen molar-refractivity contribution in [2.24, 2.45) is 5.92 Å². The summed E-state index contributed by atoms with van der Waals surface area (Å²) in [6.45, 7) is 11.6. The van der Waals surface area contributed by atoms with Gasteiger partial charge in [-0.05, 0) is 37.0 Å². The number of halogens is 1. The molecule has 1 saturated heterocycles. The molecule has 1 aromatic carbocycles. The van der Waals surface area contributed by atoms with Crippen molar-refractivity contribution in [1.29, 1.82) is 0 Å². The molecular weight excluding hydrogens is 284 g/mol. The Labute approximate surface area is 132 Å². The Morgan fingerprint density at radius 1 is 1.19 bits per heavy atom. The van der Waals surface area contributed by atoms with E-state index in [4.69, 9.17) is 11.6 Å². The fraction of sp³-hybridized carbons (Fsp3) is 0.588. The van der Waals surface area contributed by atoms with E-state index in [1.165, 1.54) is 11.1 Å². The zero-order valence-corrected chi connectivity index (χ0v) is 14.2. The van der Waals surface area contributed by atoms with Crippen LogP contribution in [0.2, 0.25) is 5.02 Å². The number of hydrogen-bond donors (Lipinski definition) is 0. The van der Waals surface area contributed by atoms with Crippen molar-refractivity contribution in [2.45, 2.75) is 34.1 Å². The van der Waals surface area contributed by atoms with Gasteiger partial charge in [0.2, 0.25) is 5.91 Å². The van der Waals surface area contributed by atoms with E-state index in [0.29, 0.717) is 12.3 Å². The first-order valence-electron chi connectivity index (χ1n) is 7.68. The fourth-order valence-corrected chi connectivity index (χ4v) is 3.41. The minimum absolute atomic E-state index is 0.274. The Balaban J connectivity index is 2.03. The lowest BCUT2D eigenvalue weighted by Gasteiger charge is -2.37. The number of hydrogen-bond acceptors (Lipinski definition) is 2. The molecule has 4 heteroatoms. The van der Waals surface area contributed by atoms with Gasteiger partial charge in [0, 0.05) is 32.6 Å². The molecule has 1 aliphatic rings. The maximum Gasteiger partial charge on any atom is 0.222 e. The highest BCUT2D eigenvalue weighted by Gasteiger charge is 2.23. The van der Waals surface area contributed by atoms with E-state index in [1.54, 1.807) is 0 Å². The van der Waals surface area contributed by atoms with Crippen LogP contribution in [-0.4, -0.2) is 37.0 Å². The second-order valence-electron chi connectivity index (χ2n) is 6.38. The van der Waals surface area contributed by atoms with Gasteiger partial charge in [0.05, 0.1) is 10.7 Å². The highest BCUT2D eigenvalue weighted by atomic mass is 35.5. The molecule has 0 aromatic heterocycles. The molecule has 0 radical (unpaired) electrons. The van der Waals surface area contributed by atoms with Crippen LogP contribution in [0.3, 0.4) is 0 Å².